The number of anilines is 2. The number of carbonyl (C=O) groups is 1. The van der Waals surface area contributed by atoms with Crippen LogP contribution in [0.4, 0.5) is 16.3 Å². The fourth-order valence-corrected chi connectivity index (χ4v) is 1.68. The first-order valence-electron chi connectivity index (χ1n) is 4.98. The van der Waals surface area contributed by atoms with Gasteiger partial charge in [-0.25, -0.2) is 9.78 Å². The summed E-state index contributed by atoms with van der Waals surface area (Å²) in [5.41, 5.74) is 0.716. The van der Waals surface area contributed by atoms with Gasteiger partial charge in [0.1, 0.15) is 5.82 Å². The van der Waals surface area contributed by atoms with E-state index < -0.39 is 0 Å². The highest BCUT2D eigenvalue weighted by Crippen LogP contribution is 2.15. The molecular formula is C12H10BrN3O. The third-order valence-corrected chi connectivity index (χ3v) is 2.48. The quantitative estimate of drug-likeness (QED) is 0.890. The Morgan fingerprint density at radius 1 is 1.12 bits per heavy atom. The summed E-state index contributed by atoms with van der Waals surface area (Å²) in [6.07, 6.45) is 1.62. The number of benzene rings is 1. The van der Waals surface area contributed by atoms with Crippen molar-refractivity contribution in [3.05, 3.63) is 53.1 Å². The maximum Gasteiger partial charge on any atom is 0.324 e. The molecule has 1 aromatic carbocycles. The van der Waals surface area contributed by atoms with Crippen molar-refractivity contribution >= 4 is 33.5 Å². The molecule has 0 saturated carbocycles. The van der Waals surface area contributed by atoms with E-state index in [1.54, 1.807) is 18.3 Å². The van der Waals surface area contributed by atoms with Crippen LogP contribution in [0.2, 0.25) is 0 Å². The second kappa shape index (κ2) is 5.45. The second-order valence-corrected chi connectivity index (χ2v) is 4.22. The largest absolute Gasteiger partial charge is 0.324 e. The Labute approximate surface area is 107 Å². The molecule has 4 nitrogen and oxygen atoms in total. The number of amides is 2. The molecule has 1 aromatic heterocycles. The highest BCUT2D eigenvalue weighted by molar-refractivity contribution is 9.10. The van der Waals surface area contributed by atoms with Crippen LogP contribution in [0, 0.1) is 0 Å². The Morgan fingerprint density at radius 3 is 2.71 bits per heavy atom. The van der Waals surface area contributed by atoms with E-state index in [2.05, 4.69) is 31.5 Å². The number of rotatable bonds is 2. The molecule has 2 aromatic rings. The van der Waals surface area contributed by atoms with E-state index in [9.17, 15) is 4.79 Å². The molecular weight excluding hydrogens is 282 g/mol. The molecule has 0 bridgehead atoms. The van der Waals surface area contributed by atoms with Crippen molar-refractivity contribution < 1.29 is 4.79 Å². The first-order valence-corrected chi connectivity index (χ1v) is 5.78. The van der Waals surface area contributed by atoms with Crippen molar-refractivity contribution in [2.75, 3.05) is 10.6 Å². The molecule has 17 heavy (non-hydrogen) atoms. The van der Waals surface area contributed by atoms with E-state index in [0.717, 1.165) is 4.47 Å². The Kier molecular flexibility index (Phi) is 3.72. The number of pyridine rings is 1. The van der Waals surface area contributed by atoms with E-state index in [4.69, 9.17) is 0 Å². The van der Waals surface area contributed by atoms with Gasteiger partial charge >= 0.3 is 6.03 Å². The van der Waals surface area contributed by atoms with Crippen LogP contribution >= 0.6 is 15.9 Å². The summed E-state index contributed by atoms with van der Waals surface area (Å²) < 4.78 is 0.910. The third kappa shape index (κ3) is 3.57. The van der Waals surface area contributed by atoms with Crippen LogP contribution in [0.25, 0.3) is 0 Å². The zero-order valence-electron chi connectivity index (χ0n) is 8.85. The van der Waals surface area contributed by atoms with Crippen LogP contribution in [-0.4, -0.2) is 11.0 Å². The van der Waals surface area contributed by atoms with Gasteiger partial charge in [0.15, 0.2) is 0 Å². The van der Waals surface area contributed by atoms with Crippen LogP contribution in [0.3, 0.4) is 0 Å². The Balaban J connectivity index is 1.98. The summed E-state index contributed by atoms with van der Waals surface area (Å²) in [5, 5.41) is 5.34. The Hall–Kier alpha value is -1.88. The highest BCUT2D eigenvalue weighted by atomic mass is 79.9. The molecule has 0 radical (unpaired) electrons. The summed E-state index contributed by atoms with van der Waals surface area (Å²) in [7, 11) is 0. The van der Waals surface area contributed by atoms with Gasteiger partial charge in [0.2, 0.25) is 0 Å². The van der Waals surface area contributed by atoms with Gasteiger partial charge in [-0.2, -0.15) is 0 Å². The number of nitrogens with zero attached hydrogens (tertiary/aromatic N) is 1. The number of urea groups is 1. The molecule has 0 spiro atoms. The normalized spacial score (nSPS) is 9.71. The van der Waals surface area contributed by atoms with Crippen LogP contribution in [0.15, 0.2) is 53.1 Å². The molecule has 0 aliphatic carbocycles. The average Bonchev–Trinajstić information content (AvgIpc) is 2.30. The van der Waals surface area contributed by atoms with Crippen molar-refractivity contribution in [2.45, 2.75) is 0 Å². The molecule has 1 heterocycles. The minimum absolute atomic E-state index is 0.318. The van der Waals surface area contributed by atoms with E-state index in [0.29, 0.717) is 11.5 Å². The standard InChI is InChI=1S/C12H10BrN3O/c13-9-4-3-5-10(8-9)15-12(17)16-11-6-1-2-7-14-11/h1-8H,(H2,14,15,16,17). The molecule has 0 saturated heterocycles. The predicted molar refractivity (Wildman–Crippen MR) is 71.0 cm³/mol. The lowest BCUT2D eigenvalue weighted by Gasteiger charge is -2.06. The van der Waals surface area contributed by atoms with E-state index in [1.807, 2.05) is 30.3 Å². The number of carbonyl (C=O) groups excluding carboxylic acids is 1. The fraction of sp³-hybridized carbons (Fsp3) is 0. The van der Waals surface area contributed by atoms with Gasteiger partial charge in [-0.15, -0.1) is 0 Å². The maximum absolute atomic E-state index is 11.6. The van der Waals surface area contributed by atoms with Crippen LogP contribution in [-0.2, 0) is 0 Å². The zero-order valence-corrected chi connectivity index (χ0v) is 10.4. The lowest BCUT2D eigenvalue weighted by atomic mass is 10.3. The maximum atomic E-state index is 11.6. The lowest BCUT2D eigenvalue weighted by molar-refractivity contribution is 0.262. The number of nitrogens with one attached hydrogen (secondary N) is 2. The van der Waals surface area contributed by atoms with Gasteiger partial charge in [-0.3, -0.25) is 5.32 Å². The highest BCUT2D eigenvalue weighted by Gasteiger charge is 2.02. The van der Waals surface area contributed by atoms with Crippen LogP contribution < -0.4 is 10.6 Å². The molecule has 5 heteroatoms. The van der Waals surface area contributed by atoms with Crippen molar-refractivity contribution in [3.8, 4) is 0 Å². The summed E-state index contributed by atoms with van der Waals surface area (Å²) in [4.78, 5) is 15.6. The molecule has 2 N–H and O–H groups in total. The van der Waals surface area contributed by atoms with Gasteiger partial charge in [-0.1, -0.05) is 28.1 Å². The summed E-state index contributed by atoms with van der Waals surface area (Å²) >= 11 is 3.33. The van der Waals surface area contributed by atoms with Gasteiger partial charge < -0.3 is 5.32 Å². The first kappa shape index (κ1) is 11.6. The van der Waals surface area contributed by atoms with Crippen molar-refractivity contribution in [2.24, 2.45) is 0 Å². The van der Waals surface area contributed by atoms with Gasteiger partial charge in [0.25, 0.3) is 0 Å². The SMILES string of the molecule is O=C(Nc1cccc(Br)c1)Nc1ccccn1. The lowest BCUT2D eigenvalue weighted by Crippen LogP contribution is -2.19. The molecule has 0 atom stereocenters. The van der Waals surface area contributed by atoms with Gasteiger partial charge in [0, 0.05) is 16.4 Å². The zero-order chi connectivity index (χ0) is 12.1. The topological polar surface area (TPSA) is 54.0 Å². The molecule has 0 unspecified atom stereocenters. The van der Waals surface area contributed by atoms with Crippen molar-refractivity contribution in [1.82, 2.24) is 4.98 Å². The number of hydrogen-bond acceptors (Lipinski definition) is 2. The second-order valence-electron chi connectivity index (χ2n) is 3.30. The van der Waals surface area contributed by atoms with E-state index in [-0.39, 0.29) is 6.03 Å². The molecule has 0 aliphatic heterocycles. The van der Waals surface area contributed by atoms with E-state index >= 15 is 0 Å². The average molecular weight is 292 g/mol. The summed E-state index contributed by atoms with van der Waals surface area (Å²) in [6.45, 7) is 0. The van der Waals surface area contributed by atoms with Gasteiger partial charge in [-0.05, 0) is 30.3 Å². The molecule has 0 fully saturated rings. The Bertz CT molecular complexity index is 516. The molecule has 0 aliphatic rings. The summed E-state index contributed by atoms with van der Waals surface area (Å²) in [5.74, 6) is 0.514. The van der Waals surface area contributed by atoms with Crippen LogP contribution in [0.1, 0.15) is 0 Å². The number of halogens is 1. The smallest absolute Gasteiger partial charge is 0.308 e. The predicted octanol–water partition coefficient (Wildman–Crippen LogP) is 3.49. The van der Waals surface area contributed by atoms with Crippen LogP contribution in [0.5, 0.6) is 0 Å². The van der Waals surface area contributed by atoms with Crippen molar-refractivity contribution in [3.63, 3.8) is 0 Å². The number of hydrogen-bond donors (Lipinski definition) is 2. The monoisotopic (exact) mass is 291 g/mol. The van der Waals surface area contributed by atoms with Crippen molar-refractivity contribution in [1.29, 1.82) is 0 Å². The molecule has 86 valence electrons. The minimum Gasteiger partial charge on any atom is -0.308 e. The summed E-state index contributed by atoms with van der Waals surface area (Å²) in [6, 6.07) is 12.4. The van der Waals surface area contributed by atoms with E-state index in [1.165, 1.54) is 0 Å². The first-order chi connectivity index (χ1) is 8.24. The number of aromatic nitrogens is 1. The molecule has 2 amide bonds. The van der Waals surface area contributed by atoms with Gasteiger partial charge in [0.05, 0.1) is 0 Å². The fourth-order valence-electron chi connectivity index (χ4n) is 1.28. The minimum atomic E-state index is -0.318. The third-order valence-electron chi connectivity index (χ3n) is 1.99. The molecule has 2 rings (SSSR count). The Morgan fingerprint density at radius 2 is 2.00 bits per heavy atom.